The van der Waals surface area contributed by atoms with Crippen LogP contribution in [0.3, 0.4) is 0 Å². The quantitative estimate of drug-likeness (QED) is 0.725. The maximum atomic E-state index is 14.1. The molecule has 3 aromatic rings. The number of nitrogens with zero attached hydrogens (tertiary/aromatic N) is 1. The monoisotopic (exact) mass is 340 g/mol. The lowest BCUT2D eigenvalue weighted by Crippen LogP contribution is -2.14. The molecule has 1 heterocycles. The highest BCUT2D eigenvalue weighted by atomic mass is 35.5. The van der Waals surface area contributed by atoms with Crippen LogP contribution in [0.4, 0.5) is 10.2 Å². The van der Waals surface area contributed by atoms with Crippen LogP contribution in [0.1, 0.15) is 12.8 Å². The summed E-state index contributed by atoms with van der Waals surface area (Å²) >= 11 is 6.13. The van der Waals surface area contributed by atoms with Crippen LogP contribution in [-0.4, -0.2) is 10.9 Å². The Balaban J connectivity index is 1.70. The minimum atomic E-state index is -0.358. The highest BCUT2D eigenvalue weighted by Crippen LogP contribution is 2.33. The fraction of sp³-hybridized carbons (Fsp3) is 0.158. The first kappa shape index (κ1) is 15.1. The molecular formula is C19H14ClFN2O. The van der Waals surface area contributed by atoms with E-state index in [4.69, 9.17) is 11.6 Å². The number of halogens is 2. The molecule has 24 heavy (non-hydrogen) atoms. The second-order valence-corrected chi connectivity index (χ2v) is 6.40. The third-order valence-electron chi connectivity index (χ3n) is 4.17. The van der Waals surface area contributed by atoms with E-state index in [1.807, 2.05) is 24.3 Å². The van der Waals surface area contributed by atoms with Crippen LogP contribution >= 0.6 is 11.6 Å². The second-order valence-electron chi connectivity index (χ2n) is 5.99. The summed E-state index contributed by atoms with van der Waals surface area (Å²) in [6, 6.07) is 12.0. The zero-order chi connectivity index (χ0) is 16.7. The average Bonchev–Trinajstić information content (AvgIpc) is 3.39. The Bertz CT molecular complexity index is 933. The Morgan fingerprint density at radius 1 is 1.17 bits per heavy atom. The maximum Gasteiger partial charge on any atom is 0.228 e. The van der Waals surface area contributed by atoms with Gasteiger partial charge in [0.05, 0.1) is 5.02 Å². The molecule has 0 radical (unpaired) electrons. The van der Waals surface area contributed by atoms with Gasteiger partial charge in [-0.2, -0.15) is 0 Å². The number of aromatic nitrogens is 1. The molecule has 4 rings (SSSR count). The molecule has 0 atom stereocenters. The van der Waals surface area contributed by atoms with Crippen LogP contribution in [0.25, 0.3) is 21.9 Å². The van der Waals surface area contributed by atoms with E-state index in [2.05, 4.69) is 10.3 Å². The minimum Gasteiger partial charge on any atom is -0.310 e. The van der Waals surface area contributed by atoms with E-state index in [1.54, 1.807) is 18.3 Å². The number of anilines is 1. The Morgan fingerprint density at radius 3 is 2.75 bits per heavy atom. The predicted octanol–water partition coefficient (Wildman–Crippen LogP) is 5.04. The molecule has 2 aromatic carbocycles. The number of hydrogen-bond donors (Lipinski definition) is 1. The largest absolute Gasteiger partial charge is 0.310 e. The van der Waals surface area contributed by atoms with E-state index >= 15 is 0 Å². The summed E-state index contributed by atoms with van der Waals surface area (Å²) in [7, 11) is 0. The van der Waals surface area contributed by atoms with Gasteiger partial charge in [0, 0.05) is 23.1 Å². The van der Waals surface area contributed by atoms with Crippen LogP contribution in [0.2, 0.25) is 5.02 Å². The van der Waals surface area contributed by atoms with Gasteiger partial charge in [0.2, 0.25) is 5.91 Å². The lowest BCUT2D eigenvalue weighted by Gasteiger charge is -2.09. The topological polar surface area (TPSA) is 42.0 Å². The molecule has 1 aliphatic rings. The Hall–Kier alpha value is -2.46. The van der Waals surface area contributed by atoms with Crippen LogP contribution in [0.15, 0.2) is 48.7 Å². The van der Waals surface area contributed by atoms with Crippen molar-refractivity contribution in [2.45, 2.75) is 12.8 Å². The number of pyridine rings is 1. The van der Waals surface area contributed by atoms with Crippen LogP contribution in [0.5, 0.6) is 0 Å². The van der Waals surface area contributed by atoms with E-state index in [0.717, 1.165) is 23.6 Å². The summed E-state index contributed by atoms with van der Waals surface area (Å²) in [5.74, 6) is 0.337. The molecule has 120 valence electrons. The zero-order valence-electron chi connectivity index (χ0n) is 12.7. The van der Waals surface area contributed by atoms with E-state index in [1.165, 1.54) is 6.07 Å². The van der Waals surface area contributed by atoms with Gasteiger partial charge in [-0.3, -0.25) is 4.79 Å². The lowest BCUT2D eigenvalue weighted by molar-refractivity contribution is -0.117. The summed E-state index contributed by atoms with van der Waals surface area (Å²) in [6.45, 7) is 0. The number of benzene rings is 2. The van der Waals surface area contributed by atoms with Gasteiger partial charge < -0.3 is 5.32 Å². The molecule has 1 aliphatic carbocycles. The number of amides is 1. The van der Waals surface area contributed by atoms with Crippen molar-refractivity contribution < 1.29 is 9.18 Å². The standard InChI is InChI=1S/C19H14ClFN2O/c20-15-2-1-3-16(21)18(15)13-7-6-12-9-17(22-10-14(12)8-13)23-19(24)11-4-5-11/h1-3,6-11H,4-5H2,(H,22,23,24). The van der Waals surface area contributed by atoms with Crippen LogP contribution in [-0.2, 0) is 4.79 Å². The Morgan fingerprint density at radius 2 is 2.00 bits per heavy atom. The molecule has 3 nitrogen and oxygen atoms in total. The van der Waals surface area contributed by atoms with Crippen molar-refractivity contribution in [2.24, 2.45) is 5.92 Å². The molecule has 1 aromatic heterocycles. The first-order chi connectivity index (χ1) is 11.6. The van der Waals surface area contributed by atoms with Gasteiger partial charge in [-0.1, -0.05) is 29.8 Å². The van der Waals surface area contributed by atoms with E-state index < -0.39 is 0 Å². The lowest BCUT2D eigenvalue weighted by atomic mass is 10.0. The second kappa shape index (κ2) is 5.87. The van der Waals surface area contributed by atoms with Crippen molar-refractivity contribution in [2.75, 3.05) is 5.32 Å². The molecule has 0 saturated heterocycles. The van der Waals surface area contributed by atoms with Gasteiger partial charge in [0.25, 0.3) is 0 Å². The molecule has 5 heteroatoms. The summed E-state index contributed by atoms with van der Waals surface area (Å²) in [4.78, 5) is 16.1. The SMILES string of the molecule is O=C(Nc1cc2ccc(-c3c(F)cccc3Cl)cc2cn1)C1CC1. The van der Waals surface area contributed by atoms with Gasteiger partial charge >= 0.3 is 0 Å². The molecule has 1 saturated carbocycles. The van der Waals surface area contributed by atoms with Crippen molar-refractivity contribution in [1.82, 2.24) is 4.98 Å². The van der Waals surface area contributed by atoms with Gasteiger partial charge in [0.15, 0.2) is 0 Å². The molecule has 0 spiro atoms. The van der Waals surface area contributed by atoms with Crippen molar-refractivity contribution in [3.63, 3.8) is 0 Å². The number of carbonyl (C=O) groups is 1. The predicted molar refractivity (Wildman–Crippen MR) is 93.5 cm³/mol. The number of fused-ring (bicyclic) bond motifs is 1. The number of hydrogen-bond acceptors (Lipinski definition) is 2. The van der Waals surface area contributed by atoms with Crippen molar-refractivity contribution in [3.8, 4) is 11.1 Å². The first-order valence-corrected chi connectivity index (χ1v) is 8.15. The molecule has 1 N–H and O–H groups in total. The molecule has 0 bridgehead atoms. The van der Waals surface area contributed by atoms with Gasteiger partial charge in [-0.15, -0.1) is 0 Å². The highest BCUT2D eigenvalue weighted by Gasteiger charge is 2.29. The Labute approximate surface area is 143 Å². The fourth-order valence-electron chi connectivity index (χ4n) is 2.71. The van der Waals surface area contributed by atoms with Crippen molar-refractivity contribution >= 4 is 34.1 Å². The van der Waals surface area contributed by atoms with Crippen LogP contribution < -0.4 is 5.32 Å². The number of rotatable bonds is 3. The smallest absolute Gasteiger partial charge is 0.228 e. The number of nitrogens with one attached hydrogen (secondary N) is 1. The molecule has 0 aliphatic heterocycles. The third-order valence-corrected chi connectivity index (χ3v) is 4.49. The molecular weight excluding hydrogens is 327 g/mol. The minimum absolute atomic E-state index is 0.0246. The van der Waals surface area contributed by atoms with Crippen molar-refractivity contribution in [1.29, 1.82) is 0 Å². The normalized spacial score (nSPS) is 13.9. The van der Waals surface area contributed by atoms with E-state index in [0.29, 0.717) is 22.0 Å². The van der Waals surface area contributed by atoms with Gasteiger partial charge in [-0.25, -0.2) is 9.37 Å². The molecule has 0 unspecified atom stereocenters. The third kappa shape index (κ3) is 2.85. The summed E-state index contributed by atoms with van der Waals surface area (Å²) in [5.41, 5.74) is 1.08. The Kier molecular flexibility index (Phi) is 3.69. The molecule has 1 fully saturated rings. The van der Waals surface area contributed by atoms with E-state index in [9.17, 15) is 9.18 Å². The van der Waals surface area contributed by atoms with Gasteiger partial charge in [0.1, 0.15) is 11.6 Å². The van der Waals surface area contributed by atoms with E-state index in [-0.39, 0.29) is 17.6 Å². The maximum absolute atomic E-state index is 14.1. The van der Waals surface area contributed by atoms with Crippen LogP contribution in [0, 0.1) is 11.7 Å². The average molecular weight is 341 g/mol. The zero-order valence-corrected chi connectivity index (χ0v) is 13.5. The number of carbonyl (C=O) groups excluding carboxylic acids is 1. The fourth-order valence-corrected chi connectivity index (χ4v) is 2.99. The first-order valence-electron chi connectivity index (χ1n) is 7.77. The highest BCUT2D eigenvalue weighted by molar-refractivity contribution is 6.33. The summed E-state index contributed by atoms with van der Waals surface area (Å²) in [6.07, 6.45) is 3.58. The summed E-state index contributed by atoms with van der Waals surface area (Å²) < 4.78 is 14.1. The van der Waals surface area contributed by atoms with Crippen molar-refractivity contribution in [3.05, 3.63) is 59.5 Å². The molecule has 1 amide bonds. The summed E-state index contributed by atoms with van der Waals surface area (Å²) in [5, 5.41) is 4.98. The van der Waals surface area contributed by atoms with Gasteiger partial charge in [-0.05, 0) is 48.1 Å².